The molecule has 0 unspecified atom stereocenters. The molecule has 0 radical (unpaired) electrons. The van der Waals surface area contributed by atoms with Crippen LogP contribution in [0.3, 0.4) is 0 Å². The number of ether oxygens (including phenoxy) is 2. The van der Waals surface area contributed by atoms with Gasteiger partial charge in [-0.25, -0.2) is 4.39 Å². The molecule has 2 aromatic rings. The van der Waals surface area contributed by atoms with Crippen LogP contribution in [0.1, 0.15) is 5.56 Å². The van der Waals surface area contributed by atoms with Gasteiger partial charge in [0.15, 0.2) is 11.5 Å². The maximum Gasteiger partial charge on any atom is 0.162 e. The van der Waals surface area contributed by atoms with Gasteiger partial charge in [0.1, 0.15) is 19.0 Å². The Morgan fingerprint density at radius 3 is 2.60 bits per heavy atom. The largest absolute Gasteiger partial charge is 0.486 e. The van der Waals surface area contributed by atoms with Gasteiger partial charge in [-0.1, -0.05) is 11.8 Å². The summed E-state index contributed by atoms with van der Waals surface area (Å²) in [6, 6.07) is 11.9. The van der Waals surface area contributed by atoms with Gasteiger partial charge in [0.2, 0.25) is 0 Å². The fourth-order valence-corrected chi connectivity index (χ4v) is 2.72. The fourth-order valence-electron chi connectivity index (χ4n) is 1.87. The lowest BCUT2D eigenvalue weighted by molar-refractivity contribution is 0.171. The molecule has 0 saturated carbocycles. The molecular formula is C15H10FNO2S. The van der Waals surface area contributed by atoms with Gasteiger partial charge >= 0.3 is 0 Å². The van der Waals surface area contributed by atoms with Gasteiger partial charge < -0.3 is 9.47 Å². The molecule has 0 N–H and O–H groups in total. The van der Waals surface area contributed by atoms with Crippen molar-refractivity contribution in [1.29, 1.82) is 5.26 Å². The summed E-state index contributed by atoms with van der Waals surface area (Å²) in [5.74, 6) is 0.986. The molecule has 5 heteroatoms. The molecule has 20 heavy (non-hydrogen) atoms. The number of hydrogen-bond acceptors (Lipinski definition) is 4. The van der Waals surface area contributed by atoms with Crippen LogP contribution in [0.4, 0.5) is 4.39 Å². The highest BCUT2D eigenvalue weighted by molar-refractivity contribution is 7.99. The molecule has 0 aromatic heterocycles. The first kappa shape index (κ1) is 12.8. The van der Waals surface area contributed by atoms with E-state index in [0.717, 1.165) is 4.90 Å². The number of nitriles is 1. The zero-order chi connectivity index (χ0) is 13.9. The first-order chi connectivity index (χ1) is 9.76. The Morgan fingerprint density at radius 2 is 1.85 bits per heavy atom. The molecule has 100 valence electrons. The molecular weight excluding hydrogens is 277 g/mol. The van der Waals surface area contributed by atoms with E-state index in [2.05, 4.69) is 0 Å². The van der Waals surface area contributed by atoms with E-state index < -0.39 is 5.82 Å². The van der Waals surface area contributed by atoms with E-state index in [1.165, 1.54) is 17.8 Å². The zero-order valence-electron chi connectivity index (χ0n) is 10.4. The lowest BCUT2D eigenvalue weighted by Crippen LogP contribution is -2.15. The Balaban J connectivity index is 1.86. The number of hydrogen-bond donors (Lipinski definition) is 0. The highest BCUT2D eigenvalue weighted by atomic mass is 32.2. The average Bonchev–Trinajstić information content (AvgIpc) is 2.49. The van der Waals surface area contributed by atoms with Crippen molar-refractivity contribution in [2.45, 2.75) is 9.79 Å². The number of nitrogens with zero attached hydrogens (tertiary/aromatic N) is 1. The predicted molar refractivity (Wildman–Crippen MR) is 72.7 cm³/mol. The lowest BCUT2D eigenvalue weighted by Gasteiger charge is -2.18. The molecule has 3 rings (SSSR count). The van der Waals surface area contributed by atoms with Crippen molar-refractivity contribution in [2.75, 3.05) is 13.2 Å². The summed E-state index contributed by atoms with van der Waals surface area (Å²) in [4.78, 5) is 1.33. The molecule has 3 nitrogen and oxygen atoms in total. The third-order valence-electron chi connectivity index (χ3n) is 2.80. The second-order valence-corrected chi connectivity index (χ2v) is 5.28. The Labute approximate surface area is 119 Å². The average molecular weight is 287 g/mol. The van der Waals surface area contributed by atoms with Gasteiger partial charge in [-0.3, -0.25) is 0 Å². The summed E-state index contributed by atoms with van der Waals surface area (Å²) in [6.07, 6.45) is 0. The quantitative estimate of drug-likeness (QED) is 0.846. The van der Waals surface area contributed by atoms with E-state index in [1.807, 2.05) is 24.3 Å². The van der Waals surface area contributed by atoms with Crippen molar-refractivity contribution in [1.82, 2.24) is 0 Å². The van der Waals surface area contributed by atoms with Gasteiger partial charge in [0, 0.05) is 9.79 Å². The smallest absolute Gasteiger partial charge is 0.162 e. The van der Waals surface area contributed by atoms with Crippen molar-refractivity contribution < 1.29 is 13.9 Å². The highest BCUT2D eigenvalue weighted by Gasteiger charge is 2.13. The van der Waals surface area contributed by atoms with Crippen LogP contribution in [0.25, 0.3) is 0 Å². The van der Waals surface area contributed by atoms with E-state index >= 15 is 0 Å². The third kappa shape index (κ3) is 2.56. The van der Waals surface area contributed by atoms with Crippen LogP contribution >= 0.6 is 11.8 Å². The van der Waals surface area contributed by atoms with Crippen molar-refractivity contribution in [3.05, 3.63) is 47.8 Å². The Bertz CT molecular complexity index is 697. The Kier molecular flexibility index (Phi) is 3.48. The maximum absolute atomic E-state index is 13.8. The van der Waals surface area contributed by atoms with E-state index in [4.69, 9.17) is 14.7 Å². The van der Waals surface area contributed by atoms with Crippen LogP contribution in [0, 0.1) is 17.1 Å². The normalized spacial score (nSPS) is 12.8. The Hall–Kier alpha value is -2.19. The molecule has 0 amide bonds. The summed E-state index contributed by atoms with van der Waals surface area (Å²) in [5.41, 5.74) is 0.314. The lowest BCUT2D eigenvalue weighted by atomic mass is 10.2. The highest BCUT2D eigenvalue weighted by Crippen LogP contribution is 2.37. The van der Waals surface area contributed by atoms with Crippen LogP contribution in [0.15, 0.2) is 46.2 Å². The summed E-state index contributed by atoms with van der Waals surface area (Å²) in [5, 5.41) is 8.72. The molecule has 1 aliphatic heterocycles. The standard InChI is InChI=1S/C15H10FNO2S/c16-12-7-10(9-17)1-4-15(12)20-11-2-3-13-14(8-11)19-6-5-18-13/h1-4,7-8H,5-6H2. The van der Waals surface area contributed by atoms with E-state index in [9.17, 15) is 4.39 Å². The minimum atomic E-state index is -0.399. The van der Waals surface area contributed by atoms with Crippen LogP contribution in [0.5, 0.6) is 11.5 Å². The van der Waals surface area contributed by atoms with Gasteiger partial charge in [-0.05, 0) is 36.4 Å². The van der Waals surface area contributed by atoms with Crippen LogP contribution in [0.2, 0.25) is 0 Å². The topological polar surface area (TPSA) is 42.2 Å². The van der Waals surface area contributed by atoms with Crippen LogP contribution < -0.4 is 9.47 Å². The van der Waals surface area contributed by atoms with Gasteiger partial charge in [-0.15, -0.1) is 0 Å². The van der Waals surface area contributed by atoms with E-state index in [0.29, 0.717) is 35.2 Å². The summed E-state index contributed by atoms with van der Waals surface area (Å²) in [7, 11) is 0. The van der Waals surface area contributed by atoms with E-state index in [1.54, 1.807) is 12.1 Å². The van der Waals surface area contributed by atoms with Gasteiger partial charge in [0.05, 0.1) is 11.6 Å². The van der Waals surface area contributed by atoms with Crippen molar-refractivity contribution in [3.8, 4) is 17.6 Å². The molecule has 0 fully saturated rings. The second-order valence-electron chi connectivity index (χ2n) is 4.16. The minimum absolute atomic E-state index is 0.314. The summed E-state index contributed by atoms with van der Waals surface area (Å²) >= 11 is 1.29. The molecule has 0 spiro atoms. The number of benzene rings is 2. The molecule has 1 heterocycles. The first-order valence-corrected chi connectivity index (χ1v) is 6.85. The molecule has 0 saturated heterocycles. The molecule has 0 aliphatic carbocycles. The summed E-state index contributed by atoms with van der Waals surface area (Å²) in [6.45, 7) is 1.07. The number of halogens is 1. The van der Waals surface area contributed by atoms with E-state index in [-0.39, 0.29) is 0 Å². The maximum atomic E-state index is 13.8. The summed E-state index contributed by atoms with van der Waals surface area (Å²) < 4.78 is 24.8. The monoisotopic (exact) mass is 287 g/mol. The minimum Gasteiger partial charge on any atom is -0.486 e. The number of rotatable bonds is 2. The van der Waals surface area contributed by atoms with Crippen molar-refractivity contribution in [2.24, 2.45) is 0 Å². The predicted octanol–water partition coefficient (Wildman–Crippen LogP) is 3.62. The number of fused-ring (bicyclic) bond motifs is 1. The van der Waals surface area contributed by atoms with Gasteiger partial charge in [-0.2, -0.15) is 5.26 Å². The zero-order valence-corrected chi connectivity index (χ0v) is 11.2. The van der Waals surface area contributed by atoms with Crippen LogP contribution in [-0.4, -0.2) is 13.2 Å². The molecule has 0 atom stereocenters. The van der Waals surface area contributed by atoms with Gasteiger partial charge in [0.25, 0.3) is 0 Å². The van der Waals surface area contributed by atoms with Crippen molar-refractivity contribution in [3.63, 3.8) is 0 Å². The molecule has 2 aromatic carbocycles. The van der Waals surface area contributed by atoms with Crippen molar-refractivity contribution >= 4 is 11.8 Å². The fraction of sp³-hybridized carbons (Fsp3) is 0.133. The third-order valence-corrected chi connectivity index (χ3v) is 3.84. The second kappa shape index (κ2) is 5.43. The first-order valence-electron chi connectivity index (χ1n) is 6.03. The molecule has 0 bridgehead atoms. The van der Waals surface area contributed by atoms with Crippen LogP contribution in [-0.2, 0) is 0 Å². The molecule has 1 aliphatic rings. The SMILES string of the molecule is N#Cc1ccc(Sc2ccc3c(c2)OCCO3)c(F)c1. The Morgan fingerprint density at radius 1 is 1.05 bits per heavy atom.